The second kappa shape index (κ2) is 4.95. The fourth-order valence-corrected chi connectivity index (χ4v) is 4.75. The monoisotopic (exact) mass is 336 g/mol. The predicted octanol–water partition coefficient (Wildman–Crippen LogP) is 4.60. The number of aromatic nitrogens is 1. The lowest BCUT2D eigenvalue weighted by molar-refractivity contribution is -0.604. The molecule has 0 bridgehead atoms. The van der Waals surface area contributed by atoms with Gasteiger partial charge in [0.15, 0.2) is 11.4 Å². The third-order valence-corrected chi connectivity index (χ3v) is 5.83. The molecule has 2 heterocycles. The maximum absolute atomic E-state index is 5.91. The van der Waals surface area contributed by atoms with E-state index in [4.69, 9.17) is 4.74 Å². The van der Waals surface area contributed by atoms with E-state index in [2.05, 4.69) is 71.3 Å². The summed E-state index contributed by atoms with van der Waals surface area (Å²) in [4.78, 5) is 0. The molecule has 0 unspecified atom stereocenters. The predicted molar refractivity (Wildman–Crippen MR) is 103 cm³/mol. The summed E-state index contributed by atoms with van der Waals surface area (Å²) in [5.74, 6) is 1.00. The molecule has 2 nitrogen and oxygen atoms in total. The second-order valence-corrected chi connectivity index (χ2v) is 7.17. The summed E-state index contributed by atoms with van der Waals surface area (Å²) in [5.41, 5.74) is 9.44. The van der Waals surface area contributed by atoms with E-state index in [1.54, 1.807) is 7.11 Å². The molecule has 124 valence electrons. The zero-order chi connectivity index (χ0) is 17.3. The molecule has 4 aromatic rings. The third kappa shape index (κ3) is 1.69. The van der Waals surface area contributed by atoms with E-state index >= 15 is 0 Å². The molecule has 2 aliphatic rings. The van der Waals surface area contributed by atoms with Gasteiger partial charge in [-0.05, 0) is 23.1 Å². The van der Waals surface area contributed by atoms with E-state index in [0.29, 0.717) is 0 Å². The number of para-hydroxylation sites is 1. The molecular formula is C24H18NO+. The molecule has 0 fully saturated rings. The molecule has 0 N–H and O–H groups in total. The van der Waals surface area contributed by atoms with Crippen LogP contribution in [-0.4, -0.2) is 7.11 Å². The van der Waals surface area contributed by atoms with E-state index in [1.807, 2.05) is 0 Å². The molecule has 1 aromatic heterocycles. The first kappa shape index (κ1) is 14.1. The number of methoxy groups -OCH3 is 1. The zero-order valence-corrected chi connectivity index (χ0v) is 14.6. The normalized spacial score (nSPS) is 13.3. The molecule has 0 atom stereocenters. The van der Waals surface area contributed by atoms with Crippen LogP contribution in [0, 0.1) is 0 Å². The average Bonchev–Trinajstić information content (AvgIpc) is 3.23. The maximum atomic E-state index is 5.91. The van der Waals surface area contributed by atoms with E-state index in [0.717, 1.165) is 18.6 Å². The Kier molecular flexibility index (Phi) is 2.68. The Bertz CT molecular complexity index is 1220. The van der Waals surface area contributed by atoms with E-state index in [-0.39, 0.29) is 0 Å². The highest BCUT2D eigenvalue weighted by molar-refractivity contribution is 5.98. The summed E-state index contributed by atoms with van der Waals surface area (Å²) in [7, 11) is 1.79. The SMILES string of the molecule is COc1c2c(cc3ccccc13)Cc1c-2ccc2[n+]1-c1ccccc1C2. The van der Waals surface area contributed by atoms with Gasteiger partial charge in [-0.2, -0.15) is 4.57 Å². The summed E-state index contributed by atoms with van der Waals surface area (Å²) in [6.45, 7) is 0. The Morgan fingerprint density at radius 3 is 2.62 bits per heavy atom. The number of rotatable bonds is 1. The largest absolute Gasteiger partial charge is 0.495 e. The van der Waals surface area contributed by atoms with Crippen molar-refractivity contribution in [1.82, 2.24) is 0 Å². The van der Waals surface area contributed by atoms with Crippen molar-refractivity contribution in [3.63, 3.8) is 0 Å². The van der Waals surface area contributed by atoms with Crippen molar-refractivity contribution in [3.05, 3.63) is 89.2 Å². The molecule has 0 amide bonds. The summed E-state index contributed by atoms with van der Waals surface area (Å²) in [5, 5.41) is 2.44. The minimum atomic E-state index is 0.952. The van der Waals surface area contributed by atoms with Crippen LogP contribution < -0.4 is 9.30 Å². The van der Waals surface area contributed by atoms with Crippen molar-refractivity contribution in [2.24, 2.45) is 0 Å². The molecular weight excluding hydrogens is 318 g/mol. The van der Waals surface area contributed by atoms with Crippen molar-refractivity contribution in [3.8, 4) is 22.6 Å². The van der Waals surface area contributed by atoms with Gasteiger partial charge in [0.2, 0.25) is 5.69 Å². The molecule has 2 heteroatoms. The van der Waals surface area contributed by atoms with Gasteiger partial charge in [0, 0.05) is 28.6 Å². The second-order valence-electron chi connectivity index (χ2n) is 7.17. The molecule has 6 rings (SSSR count). The number of nitrogens with zero attached hydrogens (tertiary/aromatic N) is 1. The third-order valence-electron chi connectivity index (χ3n) is 5.83. The number of benzene rings is 3. The molecule has 0 spiro atoms. The minimum absolute atomic E-state index is 0.952. The average molecular weight is 336 g/mol. The molecule has 3 aromatic carbocycles. The first-order valence-corrected chi connectivity index (χ1v) is 9.09. The Morgan fingerprint density at radius 1 is 0.846 bits per heavy atom. The number of hydrogen-bond donors (Lipinski definition) is 0. The lowest BCUT2D eigenvalue weighted by Gasteiger charge is -2.11. The Balaban J connectivity index is 1.68. The number of ether oxygens (including phenoxy) is 1. The highest BCUT2D eigenvalue weighted by atomic mass is 16.5. The van der Waals surface area contributed by atoms with Crippen molar-refractivity contribution in [1.29, 1.82) is 0 Å². The molecule has 26 heavy (non-hydrogen) atoms. The molecule has 1 aliphatic heterocycles. The van der Waals surface area contributed by atoms with Gasteiger partial charge in [-0.1, -0.05) is 42.5 Å². The highest BCUT2D eigenvalue weighted by Crippen LogP contribution is 2.46. The summed E-state index contributed by atoms with van der Waals surface area (Å²) in [6, 6.07) is 24.2. The highest BCUT2D eigenvalue weighted by Gasteiger charge is 2.37. The van der Waals surface area contributed by atoms with Crippen LogP contribution in [-0.2, 0) is 12.8 Å². The quantitative estimate of drug-likeness (QED) is 0.400. The molecule has 0 radical (unpaired) electrons. The van der Waals surface area contributed by atoms with Crippen LogP contribution in [0.25, 0.3) is 27.6 Å². The number of fused-ring (bicyclic) bond motifs is 8. The van der Waals surface area contributed by atoms with Crippen molar-refractivity contribution in [2.45, 2.75) is 12.8 Å². The Morgan fingerprint density at radius 2 is 1.69 bits per heavy atom. The van der Waals surface area contributed by atoms with Crippen molar-refractivity contribution >= 4 is 10.8 Å². The van der Waals surface area contributed by atoms with Gasteiger partial charge in [-0.25, -0.2) is 0 Å². The van der Waals surface area contributed by atoms with Gasteiger partial charge in [0.05, 0.1) is 25.5 Å². The Labute approximate surface area is 152 Å². The van der Waals surface area contributed by atoms with Gasteiger partial charge in [-0.15, -0.1) is 0 Å². The topological polar surface area (TPSA) is 13.1 Å². The summed E-state index contributed by atoms with van der Waals surface area (Å²) < 4.78 is 8.37. The van der Waals surface area contributed by atoms with Crippen LogP contribution in [0.5, 0.6) is 5.75 Å². The first-order valence-electron chi connectivity index (χ1n) is 9.09. The fourth-order valence-electron chi connectivity index (χ4n) is 4.75. The van der Waals surface area contributed by atoms with Crippen LogP contribution in [0.15, 0.2) is 66.7 Å². The van der Waals surface area contributed by atoms with E-state index in [9.17, 15) is 0 Å². The van der Waals surface area contributed by atoms with Crippen LogP contribution in [0.4, 0.5) is 0 Å². The Hall–Kier alpha value is -3.13. The van der Waals surface area contributed by atoms with E-state index < -0.39 is 0 Å². The zero-order valence-electron chi connectivity index (χ0n) is 14.6. The smallest absolute Gasteiger partial charge is 0.214 e. The fraction of sp³-hybridized carbons (Fsp3) is 0.125. The minimum Gasteiger partial charge on any atom is -0.495 e. The van der Waals surface area contributed by atoms with Crippen LogP contribution >= 0.6 is 0 Å². The van der Waals surface area contributed by atoms with Crippen molar-refractivity contribution < 1.29 is 9.30 Å². The molecule has 0 saturated heterocycles. The van der Waals surface area contributed by atoms with Crippen LogP contribution in [0.2, 0.25) is 0 Å². The van der Waals surface area contributed by atoms with Crippen molar-refractivity contribution in [2.75, 3.05) is 7.11 Å². The van der Waals surface area contributed by atoms with Gasteiger partial charge in [-0.3, -0.25) is 0 Å². The lowest BCUT2D eigenvalue weighted by Crippen LogP contribution is -2.36. The first-order chi connectivity index (χ1) is 12.8. The molecule has 1 aliphatic carbocycles. The van der Waals surface area contributed by atoms with Gasteiger partial charge in [0.1, 0.15) is 5.75 Å². The number of pyridine rings is 1. The van der Waals surface area contributed by atoms with Gasteiger partial charge in [0.25, 0.3) is 0 Å². The van der Waals surface area contributed by atoms with Gasteiger partial charge >= 0.3 is 0 Å². The standard InChI is InChI=1S/C24H18NO/c1-26-24-19-8-4-2-6-15(19)12-17-14-22-20(23(17)24)11-10-18-13-16-7-3-5-9-21(16)25(18)22/h2-12H,13-14H2,1H3/q+1. The lowest BCUT2D eigenvalue weighted by atomic mass is 9.99. The molecule has 0 saturated carbocycles. The van der Waals surface area contributed by atoms with Gasteiger partial charge < -0.3 is 4.74 Å². The maximum Gasteiger partial charge on any atom is 0.214 e. The summed E-state index contributed by atoms with van der Waals surface area (Å²) >= 11 is 0. The summed E-state index contributed by atoms with van der Waals surface area (Å²) in [6.07, 6.45) is 1.97. The van der Waals surface area contributed by atoms with Crippen LogP contribution in [0.1, 0.15) is 22.5 Å². The van der Waals surface area contributed by atoms with Crippen LogP contribution in [0.3, 0.4) is 0 Å². The van der Waals surface area contributed by atoms with E-state index in [1.165, 1.54) is 50.1 Å². The number of hydrogen-bond acceptors (Lipinski definition) is 1.